The van der Waals surface area contributed by atoms with E-state index in [2.05, 4.69) is 5.43 Å². The van der Waals surface area contributed by atoms with Gasteiger partial charge in [0.2, 0.25) is 0 Å². The second kappa shape index (κ2) is 6.10. The zero-order chi connectivity index (χ0) is 13.8. The van der Waals surface area contributed by atoms with E-state index in [1.54, 1.807) is 13.2 Å². The van der Waals surface area contributed by atoms with E-state index in [1.807, 2.05) is 31.2 Å². The van der Waals surface area contributed by atoms with Gasteiger partial charge in [-0.25, -0.2) is 5.43 Å². The fourth-order valence-electron chi connectivity index (χ4n) is 2.00. The lowest BCUT2D eigenvalue weighted by Crippen LogP contribution is -2.28. The summed E-state index contributed by atoms with van der Waals surface area (Å²) >= 11 is 6.04. The lowest BCUT2D eigenvalue weighted by molar-refractivity contribution is 0.388. The van der Waals surface area contributed by atoms with Gasteiger partial charge in [-0.2, -0.15) is 0 Å². The third kappa shape index (κ3) is 2.92. The lowest BCUT2D eigenvalue weighted by atomic mass is 10.0. The summed E-state index contributed by atoms with van der Waals surface area (Å²) in [6.45, 7) is 2.04. The Labute approximate surface area is 117 Å². The second-order valence-electron chi connectivity index (χ2n) is 4.14. The van der Waals surface area contributed by atoms with E-state index >= 15 is 0 Å². The van der Waals surface area contributed by atoms with Crippen LogP contribution in [0.25, 0.3) is 0 Å². The average molecular weight is 281 g/mol. The zero-order valence-corrected chi connectivity index (χ0v) is 11.7. The normalized spacial score (nSPS) is 12.4. The molecule has 2 rings (SSSR count). The van der Waals surface area contributed by atoms with E-state index in [1.165, 1.54) is 0 Å². The summed E-state index contributed by atoms with van der Waals surface area (Å²) in [6, 6.07) is 8.95. The predicted octanol–water partition coefficient (Wildman–Crippen LogP) is 3.06. The van der Waals surface area contributed by atoms with Crippen molar-refractivity contribution in [2.75, 3.05) is 7.11 Å². The molecule has 1 aromatic carbocycles. The molecule has 1 aromatic heterocycles. The Morgan fingerprint density at radius 2 is 2.16 bits per heavy atom. The van der Waals surface area contributed by atoms with Crippen LogP contribution in [-0.2, 0) is 6.42 Å². The van der Waals surface area contributed by atoms with Gasteiger partial charge in [-0.05, 0) is 30.3 Å². The van der Waals surface area contributed by atoms with E-state index < -0.39 is 0 Å². The number of furan rings is 1. The molecule has 0 fully saturated rings. The van der Waals surface area contributed by atoms with Gasteiger partial charge in [-0.15, -0.1) is 0 Å². The molecule has 1 unspecified atom stereocenters. The van der Waals surface area contributed by atoms with Crippen LogP contribution in [-0.4, -0.2) is 7.11 Å². The molecular formula is C14H17ClN2O2. The summed E-state index contributed by atoms with van der Waals surface area (Å²) in [5.74, 6) is 8.01. The molecule has 102 valence electrons. The van der Waals surface area contributed by atoms with E-state index in [9.17, 15) is 0 Å². The van der Waals surface area contributed by atoms with Crippen molar-refractivity contribution in [3.8, 4) is 5.75 Å². The van der Waals surface area contributed by atoms with Gasteiger partial charge in [0.1, 0.15) is 23.3 Å². The van der Waals surface area contributed by atoms with E-state index in [-0.39, 0.29) is 6.04 Å². The number of aryl methyl sites for hydroxylation is 1. The molecule has 3 N–H and O–H groups in total. The summed E-state index contributed by atoms with van der Waals surface area (Å²) < 4.78 is 11.1. The molecule has 1 atom stereocenters. The predicted molar refractivity (Wildman–Crippen MR) is 75.3 cm³/mol. The van der Waals surface area contributed by atoms with Gasteiger partial charge in [0.05, 0.1) is 7.11 Å². The van der Waals surface area contributed by atoms with Crippen molar-refractivity contribution in [1.29, 1.82) is 0 Å². The number of hydrogen-bond donors (Lipinski definition) is 2. The minimum atomic E-state index is -0.297. The molecule has 0 radical (unpaired) electrons. The van der Waals surface area contributed by atoms with Crippen LogP contribution in [0.1, 0.15) is 30.0 Å². The summed E-state index contributed by atoms with van der Waals surface area (Å²) in [5, 5.41) is 0.623. The molecule has 5 heteroatoms. The van der Waals surface area contributed by atoms with Gasteiger partial charge in [0, 0.05) is 17.0 Å². The Hall–Kier alpha value is -1.49. The Bertz CT molecular complexity index is 554. The molecule has 0 aliphatic rings. The number of methoxy groups -OCH3 is 1. The van der Waals surface area contributed by atoms with Gasteiger partial charge in [-0.1, -0.05) is 18.5 Å². The molecule has 0 saturated carbocycles. The number of hydrazine groups is 1. The van der Waals surface area contributed by atoms with Crippen LogP contribution in [0.2, 0.25) is 5.02 Å². The van der Waals surface area contributed by atoms with Crippen molar-refractivity contribution in [2.24, 2.45) is 5.84 Å². The summed E-state index contributed by atoms with van der Waals surface area (Å²) in [5.41, 5.74) is 3.58. The third-order valence-electron chi connectivity index (χ3n) is 2.98. The molecular weight excluding hydrogens is 264 g/mol. The van der Waals surface area contributed by atoms with E-state index in [0.717, 1.165) is 23.5 Å². The molecule has 0 saturated heterocycles. The SMILES string of the molecule is CCc1ccc(C(NN)c2cc(Cl)ccc2OC)o1. The van der Waals surface area contributed by atoms with Crippen LogP contribution >= 0.6 is 11.6 Å². The molecule has 0 amide bonds. The van der Waals surface area contributed by atoms with Crippen LogP contribution in [0.3, 0.4) is 0 Å². The Kier molecular flexibility index (Phi) is 4.47. The quantitative estimate of drug-likeness (QED) is 0.653. The van der Waals surface area contributed by atoms with Gasteiger partial charge < -0.3 is 9.15 Å². The molecule has 0 aliphatic heterocycles. The van der Waals surface area contributed by atoms with Gasteiger partial charge in [0.15, 0.2) is 0 Å². The van der Waals surface area contributed by atoms with Crippen LogP contribution in [0.5, 0.6) is 5.75 Å². The van der Waals surface area contributed by atoms with Crippen molar-refractivity contribution in [1.82, 2.24) is 5.43 Å². The van der Waals surface area contributed by atoms with Crippen LogP contribution in [0.4, 0.5) is 0 Å². The molecule has 4 nitrogen and oxygen atoms in total. The number of benzene rings is 1. The van der Waals surface area contributed by atoms with Crippen molar-refractivity contribution < 1.29 is 9.15 Å². The molecule has 0 spiro atoms. The minimum absolute atomic E-state index is 0.297. The highest BCUT2D eigenvalue weighted by atomic mass is 35.5. The first-order valence-electron chi connectivity index (χ1n) is 6.07. The Balaban J connectivity index is 2.43. The van der Waals surface area contributed by atoms with Crippen LogP contribution in [0.15, 0.2) is 34.7 Å². The maximum absolute atomic E-state index is 6.04. The van der Waals surface area contributed by atoms with E-state index in [0.29, 0.717) is 10.8 Å². The highest BCUT2D eigenvalue weighted by molar-refractivity contribution is 6.30. The fraction of sp³-hybridized carbons (Fsp3) is 0.286. The van der Waals surface area contributed by atoms with Gasteiger partial charge >= 0.3 is 0 Å². The summed E-state index contributed by atoms with van der Waals surface area (Å²) in [6.07, 6.45) is 0.837. The number of ether oxygens (including phenoxy) is 1. The third-order valence-corrected chi connectivity index (χ3v) is 3.22. The highest BCUT2D eigenvalue weighted by Gasteiger charge is 2.20. The van der Waals surface area contributed by atoms with Crippen molar-refractivity contribution in [2.45, 2.75) is 19.4 Å². The van der Waals surface area contributed by atoms with Crippen LogP contribution < -0.4 is 16.0 Å². The number of rotatable bonds is 5. The summed E-state index contributed by atoms with van der Waals surface area (Å²) in [4.78, 5) is 0. The number of hydrogen-bond acceptors (Lipinski definition) is 4. The summed E-state index contributed by atoms with van der Waals surface area (Å²) in [7, 11) is 1.61. The topological polar surface area (TPSA) is 60.4 Å². The van der Waals surface area contributed by atoms with Crippen molar-refractivity contribution in [3.05, 3.63) is 52.4 Å². The fourth-order valence-corrected chi connectivity index (χ4v) is 2.18. The zero-order valence-electron chi connectivity index (χ0n) is 10.9. The van der Waals surface area contributed by atoms with Gasteiger partial charge in [0.25, 0.3) is 0 Å². The average Bonchev–Trinajstić information content (AvgIpc) is 2.89. The molecule has 19 heavy (non-hydrogen) atoms. The number of halogens is 1. The minimum Gasteiger partial charge on any atom is -0.496 e. The maximum Gasteiger partial charge on any atom is 0.127 e. The number of nitrogens with one attached hydrogen (secondary N) is 1. The Morgan fingerprint density at radius 1 is 1.37 bits per heavy atom. The smallest absolute Gasteiger partial charge is 0.127 e. The first kappa shape index (κ1) is 13.9. The second-order valence-corrected chi connectivity index (χ2v) is 4.58. The largest absolute Gasteiger partial charge is 0.496 e. The molecule has 0 aliphatic carbocycles. The molecule has 0 bridgehead atoms. The first-order valence-corrected chi connectivity index (χ1v) is 6.45. The molecule has 2 aromatic rings. The number of nitrogens with two attached hydrogens (primary N) is 1. The maximum atomic E-state index is 6.04. The Morgan fingerprint density at radius 3 is 2.74 bits per heavy atom. The molecule has 1 heterocycles. The van der Waals surface area contributed by atoms with Crippen molar-refractivity contribution in [3.63, 3.8) is 0 Å². The first-order chi connectivity index (χ1) is 9.19. The lowest BCUT2D eigenvalue weighted by Gasteiger charge is -2.17. The standard InChI is InChI=1S/C14H17ClN2O2/c1-3-10-5-7-13(19-10)14(17-16)11-8-9(15)4-6-12(11)18-2/h4-8,14,17H,3,16H2,1-2H3. The monoisotopic (exact) mass is 280 g/mol. The van der Waals surface area contributed by atoms with Gasteiger partial charge in [-0.3, -0.25) is 5.84 Å². The van der Waals surface area contributed by atoms with Crippen molar-refractivity contribution >= 4 is 11.6 Å². The van der Waals surface area contributed by atoms with Crippen LogP contribution in [0, 0.1) is 0 Å². The highest BCUT2D eigenvalue weighted by Crippen LogP contribution is 2.32. The van der Waals surface area contributed by atoms with E-state index in [4.69, 9.17) is 26.6 Å².